The van der Waals surface area contributed by atoms with Gasteiger partial charge in [-0.3, -0.25) is 9.52 Å². The van der Waals surface area contributed by atoms with Crippen LogP contribution in [0.3, 0.4) is 0 Å². The SMILES string of the molecule is COCCNC(=O)c1sc(NS(C)(=O)=O)nc1C. The van der Waals surface area contributed by atoms with E-state index in [2.05, 4.69) is 15.0 Å². The molecule has 0 saturated carbocycles. The second-order valence-corrected chi connectivity index (χ2v) is 6.30. The van der Waals surface area contributed by atoms with Crippen LogP contribution in [0.5, 0.6) is 0 Å². The molecule has 1 heterocycles. The molecule has 9 heteroatoms. The Kier molecular flexibility index (Phi) is 5.05. The molecular weight excluding hydrogens is 278 g/mol. The summed E-state index contributed by atoms with van der Waals surface area (Å²) < 4.78 is 29.1. The molecule has 1 rings (SSSR count). The third-order valence-electron chi connectivity index (χ3n) is 1.87. The molecule has 0 aliphatic heterocycles. The zero-order chi connectivity index (χ0) is 13.8. The Labute approximate surface area is 110 Å². The van der Waals surface area contributed by atoms with Crippen molar-refractivity contribution in [3.05, 3.63) is 10.6 Å². The van der Waals surface area contributed by atoms with Gasteiger partial charge >= 0.3 is 0 Å². The fraction of sp³-hybridized carbons (Fsp3) is 0.556. The van der Waals surface area contributed by atoms with Crippen LogP contribution < -0.4 is 10.0 Å². The third-order valence-corrected chi connectivity index (χ3v) is 3.63. The van der Waals surface area contributed by atoms with Gasteiger partial charge in [-0.15, -0.1) is 0 Å². The number of aryl methyl sites for hydroxylation is 1. The number of anilines is 1. The average Bonchev–Trinajstić information content (AvgIpc) is 2.57. The van der Waals surface area contributed by atoms with Crippen LogP contribution in [0.4, 0.5) is 5.13 Å². The highest BCUT2D eigenvalue weighted by molar-refractivity contribution is 7.92. The summed E-state index contributed by atoms with van der Waals surface area (Å²) >= 11 is 0.998. The minimum absolute atomic E-state index is 0.187. The quantitative estimate of drug-likeness (QED) is 0.730. The highest BCUT2D eigenvalue weighted by Gasteiger charge is 2.16. The first-order chi connectivity index (χ1) is 8.33. The predicted molar refractivity (Wildman–Crippen MR) is 69.5 cm³/mol. The molecule has 1 aromatic rings. The number of thiazole rings is 1. The molecule has 18 heavy (non-hydrogen) atoms. The Morgan fingerprint density at radius 1 is 1.50 bits per heavy atom. The Morgan fingerprint density at radius 3 is 2.72 bits per heavy atom. The van der Waals surface area contributed by atoms with Crippen LogP contribution in [0.1, 0.15) is 15.4 Å². The summed E-state index contributed by atoms with van der Waals surface area (Å²) in [6, 6.07) is 0. The largest absolute Gasteiger partial charge is 0.383 e. The molecular formula is C9H15N3O4S2. The standard InChI is InChI=1S/C9H15N3O4S2/c1-6-7(8(13)10-4-5-16-2)17-9(11-6)12-18(3,14)15/h4-5H2,1-3H3,(H,10,13)(H,11,12). The van der Waals surface area contributed by atoms with Crippen LogP contribution in [0.2, 0.25) is 0 Å². The lowest BCUT2D eigenvalue weighted by Gasteiger charge is -2.02. The molecule has 0 unspecified atom stereocenters. The topological polar surface area (TPSA) is 97.4 Å². The number of hydrogen-bond acceptors (Lipinski definition) is 6. The van der Waals surface area contributed by atoms with Gasteiger partial charge in [0.2, 0.25) is 10.0 Å². The Balaban J connectivity index is 2.75. The number of carbonyl (C=O) groups excluding carboxylic acids is 1. The fourth-order valence-corrected chi connectivity index (χ4v) is 2.87. The minimum Gasteiger partial charge on any atom is -0.383 e. The van der Waals surface area contributed by atoms with Crippen molar-refractivity contribution in [2.75, 3.05) is 31.2 Å². The van der Waals surface area contributed by atoms with Gasteiger partial charge in [-0.05, 0) is 6.92 Å². The number of nitrogens with zero attached hydrogens (tertiary/aromatic N) is 1. The predicted octanol–water partition coefficient (Wildman–Crippen LogP) is 0.199. The first-order valence-electron chi connectivity index (χ1n) is 5.06. The number of nitrogens with one attached hydrogen (secondary N) is 2. The normalized spacial score (nSPS) is 11.3. The van der Waals surface area contributed by atoms with Crippen molar-refractivity contribution in [2.45, 2.75) is 6.92 Å². The van der Waals surface area contributed by atoms with E-state index in [-0.39, 0.29) is 11.0 Å². The summed E-state index contributed by atoms with van der Waals surface area (Å²) in [6.45, 7) is 2.45. The van der Waals surface area contributed by atoms with Gasteiger partial charge < -0.3 is 10.1 Å². The lowest BCUT2D eigenvalue weighted by Crippen LogP contribution is -2.26. The number of carbonyl (C=O) groups is 1. The molecule has 0 bridgehead atoms. The zero-order valence-corrected chi connectivity index (χ0v) is 11.9. The van der Waals surface area contributed by atoms with Crippen LogP contribution in [-0.2, 0) is 14.8 Å². The van der Waals surface area contributed by atoms with Crippen molar-refractivity contribution in [1.82, 2.24) is 10.3 Å². The third kappa shape index (κ3) is 4.59. The maximum Gasteiger partial charge on any atom is 0.263 e. The van der Waals surface area contributed by atoms with Crippen molar-refractivity contribution in [3.63, 3.8) is 0 Å². The molecule has 102 valence electrons. The number of amides is 1. The van der Waals surface area contributed by atoms with Crippen molar-refractivity contribution < 1.29 is 17.9 Å². The van der Waals surface area contributed by atoms with Gasteiger partial charge in [0.15, 0.2) is 5.13 Å². The number of hydrogen-bond donors (Lipinski definition) is 2. The highest BCUT2D eigenvalue weighted by Crippen LogP contribution is 2.22. The molecule has 0 aromatic carbocycles. The van der Waals surface area contributed by atoms with E-state index in [0.717, 1.165) is 17.6 Å². The Bertz CT molecular complexity index is 524. The van der Waals surface area contributed by atoms with Crippen molar-refractivity contribution in [3.8, 4) is 0 Å². The number of methoxy groups -OCH3 is 1. The van der Waals surface area contributed by atoms with Gasteiger partial charge in [-0.25, -0.2) is 13.4 Å². The minimum atomic E-state index is -3.38. The maximum atomic E-state index is 11.7. The number of rotatable bonds is 6. The molecule has 1 amide bonds. The molecule has 0 aliphatic rings. The summed E-state index contributed by atoms with van der Waals surface area (Å²) in [5, 5.41) is 2.83. The van der Waals surface area contributed by atoms with Gasteiger partial charge in [-0.2, -0.15) is 0 Å². The van der Waals surface area contributed by atoms with Crippen LogP contribution >= 0.6 is 11.3 Å². The van der Waals surface area contributed by atoms with E-state index < -0.39 is 10.0 Å². The molecule has 0 aliphatic carbocycles. The van der Waals surface area contributed by atoms with Gasteiger partial charge in [0, 0.05) is 13.7 Å². The summed E-state index contributed by atoms with van der Waals surface area (Å²) in [4.78, 5) is 16.1. The van der Waals surface area contributed by atoms with Gasteiger partial charge in [-0.1, -0.05) is 11.3 Å². The van der Waals surface area contributed by atoms with Crippen LogP contribution in [0, 0.1) is 6.92 Å². The molecule has 0 fully saturated rings. The second kappa shape index (κ2) is 6.12. The van der Waals surface area contributed by atoms with Crippen LogP contribution in [0.25, 0.3) is 0 Å². The van der Waals surface area contributed by atoms with E-state index in [1.807, 2.05) is 0 Å². The van der Waals surface area contributed by atoms with E-state index in [1.54, 1.807) is 6.92 Å². The average molecular weight is 293 g/mol. The first-order valence-corrected chi connectivity index (χ1v) is 7.76. The van der Waals surface area contributed by atoms with Crippen molar-refractivity contribution in [1.29, 1.82) is 0 Å². The van der Waals surface area contributed by atoms with Gasteiger partial charge in [0.25, 0.3) is 5.91 Å². The molecule has 1 aromatic heterocycles. The number of aromatic nitrogens is 1. The van der Waals surface area contributed by atoms with Crippen molar-refractivity contribution >= 4 is 32.4 Å². The number of sulfonamides is 1. The summed E-state index contributed by atoms with van der Waals surface area (Å²) in [5.41, 5.74) is 0.487. The second-order valence-electron chi connectivity index (χ2n) is 3.56. The van der Waals surface area contributed by atoms with Crippen LogP contribution in [-0.4, -0.2) is 45.8 Å². The van der Waals surface area contributed by atoms with E-state index in [9.17, 15) is 13.2 Å². The summed E-state index contributed by atoms with van der Waals surface area (Å²) in [7, 11) is -1.84. The van der Waals surface area contributed by atoms with Gasteiger partial charge in [0.1, 0.15) is 4.88 Å². The van der Waals surface area contributed by atoms with E-state index in [0.29, 0.717) is 23.7 Å². The molecule has 7 nitrogen and oxygen atoms in total. The zero-order valence-electron chi connectivity index (χ0n) is 10.3. The van der Waals surface area contributed by atoms with E-state index >= 15 is 0 Å². The summed E-state index contributed by atoms with van der Waals surface area (Å²) in [5.74, 6) is -0.288. The van der Waals surface area contributed by atoms with Gasteiger partial charge in [0.05, 0.1) is 18.6 Å². The highest BCUT2D eigenvalue weighted by atomic mass is 32.2. The fourth-order valence-electron chi connectivity index (χ4n) is 1.16. The van der Waals surface area contributed by atoms with E-state index in [4.69, 9.17) is 4.74 Å². The van der Waals surface area contributed by atoms with Crippen LogP contribution in [0.15, 0.2) is 0 Å². The molecule has 0 radical (unpaired) electrons. The monoisotopic (exact) mass is 293 g/mol. The lowest BCUT2D eigenvalue weighted by atomic mass is 10.4. The van der Waals surface area contributed by atoms with Crippen molar-refractivity contribution in [2.24, 2.45) is 0 Å². The molecule has 0 spiro atoms. The van der Waals surface area contributed by atoms with E-state index in [1.165, 1.54) is 7.11 Å². The lowest BCUT2D eigenvalue weighted by molar-refractivity contribution is 0.0940. The molecule has 2 N–H and O–H groups in total. The summed E-state index contributed by atoms with van der Waals surface area (Å²) in [6.07, 6.45) is 1.03. The first kappa shape index (κ1) is 14.9. The Hall–Kier alpha value is -1.19. The Morgan fingerprint density at radius 2 is 2.17 bits per heavy atom. The number of ether oxygens (including phenoxy) is 1. The molecule has 0 saturated heterocycles. The maximum absolute atomic E-state index is 11.7. The smallest absolute Gasteiger partial charge is 0.263 e. The molecule has 0 atom stereocenters.